The number of aromatic nitrogens is 1. The molecule has 3 aromatic rings. The van der Waals surface area contributed by atoms with E-state index < -0.39 is 0 Å². The second-order valence-corrected chi connectivity index (χ2v) is 8.50. The quantitative estimate of drug-likeness (QED) is 0.456. The van der Waals surface area contributed by atoms with Gasteiger partial charge in [0.25, 0.3) is 0 Å². The molecule has 0 saturated carbocycles. The number of aryl methyl sites for hydroxylation is 2. The molecule has 2 nitrogen and oxygen atoms in total. The van der Waals surface area contributed by atoms with Crippen LogP contribution < -0.4 is 0 Å². The second kappa shape index (κ2) is 9.25. The van der Waals surface area contributed by atoms with E-state index in [1.807, 2.05) is 0 Å². The van der Waals surface area contributed by atoms with E-state index in [0.29, 0.717) is 12.0 Å². The van der Waals surface area contributed by atoms with Crippen molar-refractivity contribution in [2.45, 2.75) is 60.3 Å². The Bertz CT molecular complexity index is 891. The summed E-state index contributed by atoms with van der Waals surface area (Å²) in [5.41, 5.74) is 6.78. The lowest BCUT2D eigenvalue weighted by atomic mass is 10.0. The molecule has 0 saturated heterocycles. The minimum atomic E-state index is 0.517. The fraction of sp³-hybridized carbons (Fsp3) is 0.385. The fourth-order valence-electron chi connectivity index (χ4n) is 3.77. The van der Waals surface area contributed by atoms with Crippen LogP contribution in [0.5, 0.6) is 0 Å². The first-order valence-electron chi connectivity index (χ1n) is 10.4. The topological polar surface area (TPSA) is 8.17 Å². The summed E-state index contributed by atoms with van der Waals surface area (Å²) in [6.07, 6.45) is 2.21. The van der Waals surface area contributed by atoms with Crippen molar-refractivity contribution in [2.24, 2.45) is 5.92 Å². The molecule has 0 aliphatic heterocycles. The smallest absolute Gasteiger partial charge is 0.0473 e. The molecular weight excluding hydrogens is 340 g/mol. The fourth-order valence-corrected chi connectivity index (χ4v) is 3.77. The highest BCUT2D eigenvalue weighted by Crippen LogP contribution is 2.20. The minimum absolute atomic E-state index is 0.517. The Balaban J connectivity index is 1.80. The van der Waals surface area contributed by atoms with Crippen molar-refractivity contribution in [3.05, 3.63) is 94.8 Å². The summed E-state index contributed by atoms with van der Waals surface area (Å²) in [5, 5.41) is 0. The van der Waals surface area contributed by atoms with Crippen molar-refractivity contribution in [3.8, 4) is 0 Å². The Morgan fingerprint density at radius 3 is 2.07 bits per heavy atom. The van der Waals surface area contributed by atoms with Gasteiger partial charge in [-0.1, -0.05) is 73.5 Å². The van der Waals surface area contributed by atoms with Crippen LogP contribution >= 0.6 is 0 Å². The van der Waals surface area contributed by atoms with E-state index in [1.54, 1.807) is 0 Å². The molecule has 1 atom stereocenters. The molecule has 0 unspecified atom stereocenters. The van der Waals surface area contributed by atoms with E-state index in [2.05, 4.69) is 111 Å². The average molecular weight is 375 g/mol. The highest BCUT2D eigenvalue weighted by atomic mass is 15.2. The van der Waals surface area contributed by atoms with Crippen LogP contribution in [-0.4, -0.2) is 15.5 Å². The maximum Gasteiger partial charge on any atom is 0.0473 e. The van der Waals surface area contributed by atoms with E-state index in [0.717, 1.165) is 19.6 Å². The van der Waals surface area contributed by atoms with Crippen molar-refractivity contribution in [1.29, 1.82) is 0 Å². The van der Waals surface area contributed by atoms with Gasteiger partial charge in [0.15, 0.2) is 0 Å². The van der Waals surface area contributed by atoms with Crippen LogP contribution in [0.4, 0.5) is 0 Å². The molecule has 28 heavy (non-hydrogen) atoms. The third-order valence-electron chi connectivity index (χ3n) is 5.73. The number of hydrogen-bond acceptors (Lipinski definition) is 1. The van der Waals surface area contributed by atoms with Crippen LogP contribution in [0.25, 0.3) is 0 Å². The van der Waals surface area contributed by atoms with Gasteiger partial charge in [-0.25, -0.2) is 0 Å². The standard InChI is InChI=1S/C26H34N2/c1-20(2)23(5)28(18-25-12-7-10-22(4)16-25)19-26-13-8-14-27(26)17-24-11-6-9-21(3)15-24/h6-16,20,23H,17-19H2,1-5H3/t23-/m0/s1. The van der Waals surface area contributed by atoms with Crippen molar-refractivity contribution in [3.63, 3.8) is 0 Å². The summed E-state index contributed by atoms with van der Waals surface area (Å²) in [6.45, 7) is 14.2. The van der Waals surface area contributed by atoms with Crippen LogP contribution in [0.2, 0.25) is 0 Å². The molecule has 1 aromatic heterocycles. The van der Waals surface area contributed by atoms with Gasteiger partial charge in [0, 0.05) is 37.6 Å². The lowest BCUT2D eigenvalue weighted by Gasteiger charge is -2.32. The Morgan fingerprint density at radius 1 is 0.786 bits per heavy atom. The molecule has 0 bridgehead atoms. The molecule has 148 valence electrons. The molecule has 0 aliphatic carbocycles. The van der Waals surface area contributed by atoms with Gasteiger partial charge in [-0.05, 0) is 49.9 Å². The van der Waals surface area contributed by atoms with E-state index in [4.69, 9.17) is 0 Å². The average Bonchev–Trinajstić information content (AvgIpc) is 3.07. The van der Waals surface area contributed by atoms with Gasteiger partial charge in [0.2, 0.25) is 0 Å². The SMILES string of the molecule is Cc1cccc(CN(Cc2cccn2Cc2cccc(C)c2)[C@@H](C)C(C)C)c1. The van der Waals surface area contributed by atoms with Crippen LogP contribution in [0, 0.1) is 19.8 Å². The van der Waals surface area contributed by atoms with E-state index >= 15 is 0 Å². The van der Waals surface area contributed by atoms with Crippen LogP contribution in [0.1, 0.15) is 48.7 Å². The third-order valence-corrected chi connectivity index (χ3v) is 5.73. The first-order chi connectivity index (χ1) is 13.4. The molecule has 0 amide bonds. The molecule has 0 fully saturated rings. The zero-order valence-corrected chi connectivity index (χ0v) is 18.0. The largest absolute Gasteiger partial charge is 0.346 e. The first-order valence-corrected chi connectivity index (χ1v) is 10.4. The monoisotopic (exact) mass is 374 g/mol. The summed E-state index contributed by atoms with van der Waals surface area (Å²) in [5.74, 6) is 0.616. The summed E-state index contributed by atoms with van der Waals surface area (Å²) in [7, 11) is 0. The zero-order chi connectivity index (χ0) is 20.1. The molecule has 0 spiro atoms. The summed E-state index contributed by atoms with van der Waals surface area (Å²) in [4.78, 5) is 2.61. The van der Waals surface area contributed by atoms with Crippen molar-refractivity contribution < 1.29 is 0 Å². The Labute approximate surface area is 170 Å². The number of hydrogen-bond donors (Lipinski definition) is 0. The molecule has 0 radical (unpaired) electrons. The number of rotatable bonds is 8. The maximum absolute atomic E-state index is 2.61. The van der Waals surface area contributed by atoms with Gasteiger partial charge in [-0.15, -0.1) is 0 Å². The van der Waals surface area contributed by atoms with Crippen LogP contribution in [0.15, 0.2) is 66.9 Å². The van der Waals surface area contributed by atoms with Gasteiger partial charge in [-0.2, -0.15) is 0 Å². The molecule has 3 rings (SSSR count). The lowest BCUT2D eigenvalue weighted by Crippen LogP contribution is -2.36. The van der Waals surface area contributed by atoms with Crippen molar-refractivity contribution in [2.75, 3.05) is 0 Å². The van der Waals surface area contributed by atoms with Crippen molar-refractivity contribution in [1.82, 2.24) is 9.47 Å². The van der Waals surface area contributed by atoms with Crippen LogP contribution in [-0.2, 0) is 19.6 Å². The summed E-state index contributed by atoms with van der Waals surface area (Å²) >= 11 is 0. The third kappa shape index (κ3) is 5.36. The molecule has 0 N–H and O–H groups in total. The minimum Gasteiger partial charge on any atom is -0.346 e. The number of nitrogens with zero attached hydrogens (tertiary/aromatic N) is 2. The van der Waals surface area contributed by atoms with E-state index in [9.17, 15) is 0 Å². The van der Waals surface area contributed by atoms with Gasteiger partial charge in [0.05, 0.1) is 0 Å². The van der Waals surface area contributed by atoms with Gasteiger partial charge >= 0.3 is 0 Å². The predicted molar refractivity (Wildman–Crippen MR) is 119 cm³/mol. The highest BCUT2D eigenvalue weighted by Gasteiger charge is 2.19. The van der Waals surface area contributed by atoms with E-state index in [1.165, 1.54) is 27.9 Å². The maximum atomic E-state index is 2.61. The van der Waals surface area contributed by atoms with Gasteiger partial charge in [-0.3, -0.25) is 4.90 Å². The Hall–Kier alpha value is -2.32. The van der Waals surface area contributed by atoms with Crippen LogP contribution in [0.3, 0.4) is 0 Å². The van der Waals surface area contributed by atoms with Gasteiger partial charge in [0.1, 0.15) is 0 Å². The lowest BCUT2D eigenvalue weighted by molar-refractivity contribution is 0.148. The second-order valence-electron chi connectivity index (χ2n) is 8.50. The summed E-state index contributed by atoms with van der Waals surface area (Å²) < 4.78 is 2.39. The van der Waals surface area contributed by atoms with E-state index in [-0.39, 0.29) is 0 Å². The molecule has 2 heteroatoms. The zero-order valence-electron chi connectivity index (χ0n) is 18.0. The molecule has 2 aromatic carbocycles. The molecular formula is C26H34N2. The predicted octanol–water partition coefficient (Wildman–Crippen LogP) is 6.20. The molecule has 0 aliphatic rings. The normalized spacial score (nSPS) is 12.7. The number of benzene rings is 2. The first kappa shape index (κ1) is 20.4. The highest BCUT2D eigenvalue weighted by molar-refractivity contribution is 5.24. The van der Waals surface area contributed by atoms with Crippen molar-refractivity contribution >= 4 is 0 Å². The van der Waals surface area contributed by atoms with Gasteiger partial charge < -0.3 is 4.57 Å². The summed E-state index contributed by atoms with van der Waals surface area (Å²) in [6, 6.07) is 22.7. The Kier molecular flexibility index (Phi) is 6.74. The molecule has 1 heterocycles. The Morgan fingerprint density at radius 2 is 1.43 bits per heavy atom.